The number of hydrogen-bond acceptors (Lipinski definition) is 7. The van der Waals surface area contributed by atoms with Gasteiger partial charge in [-0.05, 0) is 70.6 Å². The molecule has 240 valence electrons. The number of ether oxygens (including phenoxy) is 1. The van der Waals surface area contributed by atoms with Gasteiger partial charge in [-0.2, -0.15) is 0 Å². The predicted octanol–water partition coefficient (Wildman–Crippen LogP) is 3.39. The Kier molecular flexibility index (Phi) is 8.64. The quantitative estimate of drug-likeness (QED) is 0.357. The van der Waals surface area contributed by atoms with Crippen molar-refractivity contribution >= 4 is 11.7 Å². The van der Waals surface area contributed by atoms with Crippen molar-refractivity contribution in [3.8, 4) is 0 Å². The van der Waals surface area contributed by atoms with Crippen LogP contribution in [0.1, 0.15) is 90.9 Å². The van der Waals surface area contributed by atoms with Gasteiger partial charge in [0.2, 0.25) is 0 Å². The van der Waals surface area contributed by atoms with Gasteiger partial charge < -0.3 is 20.7 Å². The Hall–Kier alpha value is -1.55. The van der Waals surface area contributed by atoms with Crippen LogP contribution in [0.2, 0.25) is 0 Å². The Balaban J connectivity index is 1.12. The number of piperidine rings is 1. The summed E-state index contributed by atoms with van der Waals surface area (Å²) in [6.07, 6.45) is 13.0. The summed E-state index contributed by atoms with van der Waals surface area (Å²) >= 11 is 0. The molecule has 0 aromatic heterocycles. The van der Waals surface area contributed by atoms with E-state index in [0.29, 0.717) is 37.0 Å². The fourth-order valence-corrected chi connectivity index (χ4v) is 10.4. The Morgan fingerprint density at radius 1 is 1.02 bits per heavy atom. The van der Waals surface area contributed by atoms with E-state index in [-0.39, 0.29) is 47.9 Å². The van der Waals surface area contributed by atoms with Crippen molar-refractivity contribution in [3.05, 3.63) is 11.8 Å². The molecule has 3 N–H and O–H groups in total. The third kappa shape index (κ3) is 5.59. The average Bonchev–Trinajstić information content (AvgIpc) is 3.42. The van der Waals surface area contributed by atoms with Crippen LogP contribution in [0.3, 0.4) is 0 Å². The van der Waals surface area contributed by atoms with Gasteiger partial charge in [-0.1, -0.05) is 32.1 Å². The van der Waals surface area contributed by atoms with Crippen LogP contribution >= 0.6 is 0 Å². The molecule has 4 heterocycles. The van der Waals surface area contributed by atoms with Crippen molar-refractivity contribution in [2.24, 2.45) is 23.5 Å². The lowest BCUT2D eigenvalue weighted by molar-refractivity contribution is -0.219. The van der Waals surface area contributed by atoms with E-state index in [4.69, 9.17) is 10.5 Å². The van der Waals surface area contributed by atoms with Crippen molar-refractivity contribution in [1.29, 1.82) is 0 Å². The Morgan fingerprint density at radius 2 is 1.77 bits per heavy atom. The molecule has 12 unspecified atom stereocenters. The summed E-state index contributed by atoms with van der Waals surface area (Å²) in [5, 5.41) is 3.08. The minimum atomic E-state index is -1.18. The molecule has 7 rings (SSSR count). The standard InChI is InChI=1S/C34H54FN5O3/c1-20-7-5-8-21(2)39(20)13-6-12-37-34(42)26-19-40-28-15-22-9-3-4-10-23(22)16-29(28)43-33-30(40)25(32(26)41)17-27(35)31(33)38-14-11-24(36)18-38/h19-25,27-31,33H,3-18,36H2,1-2H3,(H,37,42). The van der Waals surface area contributed by atoms with E-state index >= 15 is 4.39 Å². The molecule has 4 aliphatic heterocycles. The molecule has 0 bridgehead atoms. The first kappa shape index (κ1) is 30.1. The van der Waals surface area contributed by atoms with Crippen LogP contribution < -0.4 is 11.1 Å². The molecule has 9 heteroatoms. The molecule has 43 heavy (non-hydrogen) atoms. The fraction of sp³-hybridized carbons (Fsp3) is 0.882. The van der Waals surface area contributed by atoms with Gasteiger partial charge >= 0.3 is 0 Å². The number of carbonyl (C=O) groups excluding carboxylic acids is 2. The highest BCUT2D eigenvalue weighted by Crippen LogP contribution is 2.51. The molecule has 1 amide bonds. The number of alkyl halides is 1. The summed E-state index contributed by atoms with van der Waals surface area (Å²) in [4.78, 5) is 34.7. The molecular weight excluding hydrogens is 545 g/mol. The number of likely N-dealkylation sites (tertiary alicyclic amines) is 2. The number of carbonyl (C=O) groups is 2. The fourth-order valence-electron chi connectivity index (χ4n) is 10.4. The van der Waals surface area contributed by atoms with Gasteiger partial charge in [0, 0.05) is 56.4 Å². The summed E-state index contributed by atoms with van der Waals surface area (Å²) < 4.78 is 23.2. The predicted molar refractivity (Wildman–Crippen MR) is 164 cm³/mol. The van der Waals surface area contributed by atoms with Gasteiger partial charge in [0.25, 0.3) is 5.91 Å². The molecule has 3 saturated heterocycles. The monoisotopic (exact) mass is 599 g/mol. The van der Waals surface area contributed by atoms with Crippen LogP contribution in [0.25, 0.3) is 0 Å². The normalized spacial score (nSPS) is 45.2. The number of rotatable bonds is 6. The lowest BCUT2D eigenvalue weighted by Crippen LogP contribution is -2.73. The Bertz CT molecular complexity index is 1080. The first-order valence-electron chi connectivity index (χ1n) is 17.7. The highest BCUT2D eigenvalue weighted by molar-refractivity contribution is 6.20. The second-order valence-electron chi connectivity index (χ2n) is 15.2. The van der Waals surface area contributed by atoms with E-state index in [9.17, 15) is 9.59 Å². The summed E-state index contributed by atoms with van der Waals surface area (Å²) in [5.41, 5.74) is 6.49. The molecule has 0 spiro atoms. The first-order chi connectivity index (χ1) is 20.8. The zero-order valence-electron chi connectivity index (χ0n) is 26.3. The van der Waals surface area contributed by atoms with E-state index < -0.39 is 24.2 Å². The van der Waals surface area contributed by atoms with Gasteiger partial charge in [0.1, 0.15) is 6.17 Å². The van der Waals surface area contributed by atoms with Crippen molar-refractivity contribution in [2.45, 2.75) is 146 Å². The van der Waals surface area contributed by atoms with Crippen LogP contribution in [0.15, 0.2) is 11.8 Å². The molecule has 8 nitrogen and oxygen atoms in total. The molecule has 12 atom stereocenters. The summed E-state index contributed by atoms with van der Waals surface area (Å²) in [6, 6.07) is 0.721. The number of ketones is 1. The minimum Gasteiger partial charge on any atom is -0.369 e. The van der Waals surface area contributed by atoms with Gasteiger partial charge in [-0.15, -0.1) is 0 Å². The van der Waals surface area contributed by atoms with Crippen molar-refractivity contribution in [3.63, 3.8) is 0 Å². The smallest absolute Gasteiger partial charge is 0.256 e. The lowest BCUT2D eigenvalue weighted by atomic mass is 9.64. The van der Waals surface area contributed by atoms with Crippen molar-refractivity contribution in [2.75, 3.05) is 26.2 Å². The molecular formula is C34H54FN5O3. The summed E-state index contributed by atoms with van der Waals surface area (Å²) in [6.45, 7) is 7.53. The van der Waals surface area contributed by atoms with Gasteiger partial charge in [-0.3, -0.25) is 19.4 Å². The third-order valence-electron chi connectivity index (χ3n) is 12.6. The third-order valence-corrected chi connectivity index (χ3v) is 12.6. The maximum Gasteiger partial charge on any atom is 0.256 e. The van der Waals surface area contributed by atoms with Gasteiger partial charge in [-0.25, -0.2) is 4.39 Å². The number of morpholine rings is 1. The van der Waals surface area contributed by atoms with Crippen LogP contribution in [-0.2, 0) is 14.3 Å². The second kappa shape index (κ2) is 12.3. The number of nitrogens with zero attached hydrogens (tertiary/aromatic N) is 3. The van der Waals surface area contributed by atoms with Crippen LogP contribution in [0, 0.1) is 17.8 Å². The molecule has 3 aliphatic carbocycles. The Labute approximate surface area is 257 Å². The number of halogens is 1. The molecule has 3 saturated carbocycles. The first-order valence-corrected chi connectivity index (χ1v) is 17.7. The number of amides is 1. The van der Waals surface area contributed by atoms with Gasteiger partial charge in [0.15, 0.2) is 5.78 Å². The van der Waals surface area contributed by atoms with Crippen molar-refractivity contribution in [1.82, 2.24) is 20.0 Å². The molecule has 0 radical (unpaired) electrons. The maximum atomic E-state index is 16.2. The van der Waals surface area contributed by atoms with E-state index in [1.165, 1.54) is 44.9 Å². The van der Waals surface area contributed by atoms with Gasteiger partial charge in [0.05, 0.1) is 35.9 Å². The average molecular weight is 600 g/mol. The highest BCUT2D eigenvalue weighted by Gasteiger charge is 2.60. The molecule has 7 aliphatic rings. The minimum absolute atomic E-state index is 0.00705. The molecule has 0 aromatic carbocycles. The number of nitrogens with two attached hydrogens (primary N) is 1. The van der Waals surface area contributed by atoms with Crippen LogP contribution in [0.4, 0.5) is 4.39 Å². The summed E-state index contributed by atoms with van der Waals surface area (Å²) in [5.74, 6) is 0.279. The topological polar surface area (TPSA) is 91.1 Å². The zero-order valence-corrected chi connectivity index (χ0v) is 26.3. The van der Waals surface area contributed by atoms with E-state index in [0.717, 1.165) is 38.8 Å². The van der Waals surface area contributed by atoms with Crippen LogP contribution in [-0.4, -0.2) is 107 Å². The highest BCUT2D eigenvalue weighted by atomic mass is 19.1. The van der Waals surface area contributed by atoms with E-state index in [1.54, 1.807) is 0 Å². The SMILES string of the molecule is CC1CCCC(C)N1CCCNC(=O)C1=CN2C3CC4CCCCC4CC3OC3C(N4CCC(N)C4)C(F)CC(C1=O)C32. The van der Waals surface area contributed by atoms with Crippen molar-refractivity contribution < 1.29 is 18.7 Å². The number of hydrogen-bond donors (Lipinski definition) is 2. The zero-order chi connectivity index (χ0) is 29.8. The van der Waals surface area contributed by atoms with E-state index in [1.807, 2.05) is 6.20 Å². The number of Topliss-reactive ketones (excluding diaryl/α,β-unsaturated/α-hetero) is 1. The Morgan fingerprint density at radius 3 is 2.49 bits per heavy atom. The number of nitrogens with one attached hydrogen (secondary N) is 1. The van der Waals surface area contributed by atoms with E-state index in [2.05, 4.69) is 33.9 Å². The number of fused-ring (bicyclic) bond motifs is 3. The second-order valence-corrected chi connectivity index (χ2v) is 15.2. The van der Waals surface area contributed by atoms with Crippen LogP contribution in [0.5, 0.6) is 0 Å². The largest absolute Gasteiger partial charge is 0.369 e. The lowest BCUT2D eigenvalue weighted by Gasteiger charge is -2.61. The maximum absolute atomic E-state index is 16.2. The summed E-state index contributed by atoms with van der Waals surface area (Å²) in [7, 11) is 0. The molecule has 0 aromatic rings. The molecule has 6 fully saturated rings.